The lowest BCUT2D eigenvalue weighted by atomic mass is 9.98. The molecule has 2 aliphatic rings. The second-order valence-corrected chi connectivity index (χ2v) is 9.99. The molecule has 8 nitrogen and oxygen atoms in total. The van der Waals surface area contributed by atoms with E-state index in [1.54, 1.807) is 0 Å². The van der Waals surface area contributed by atoms with Gasteiger partial charge in [0.2, 0.25) is 0 Å². The number of fused-ring (bicyclic) bond motifs is 2. The highest BCUT2D eigenvalue weighted by Gasteiger charge is 2.39. The number of rotatable bonds is 5. The van der Waals surface area contributed by atoms with Crippen molar-refractivity contribution in [1.29, 1.82) is 0 Å². The van der Waals surface area contributed by atoms with Gasteiger partial charge in [0.15, 0.2) is 5.82 Å². The van der Waals surface area contributed by atoms with Gasteiger partial charge in [-0.1, -0.05) is 18.6 Å². The molecule has 1 aromatic carbocycles. The van der Waals surface area contributed by atoms with Gasteiger partial charge in [0.1, 0.15) is 6.04 Å². The van der Waals surface area contributed by atoms with Crippen molar-refractivity contribution in [3.05, 3.63) is 51.6 Å². The molecule has 0 amide bonds. The Morgan fingerprint density at radius 3 is 2.88 bits per heavy atom. The largest absolute Gasteiger partial charge is 0.322 e. The predicted octanol–water partition coefficient (Wildman–Crippen LogP) is 2.84. The van der Waals surface area contributed by atoms with Crippen LogP contribution in [0.2, 0.25) is 0 Å². The van der Waals surface area contributed by atoms with Crippen molar-refractivity contribution < 1.29 is 0 Å². The van der Waals surface area contributed by atoms with E-state index in [2.05, 4.69) is 64.1 Å². The van der Waals surface area contributed by atoms with Crippen molar-refractivity contribution >= 4 is 10.9 Å². The summed E-state index contributed by atoms with van der Waals surface area (Å²) in [7, 11) is 0. The summed E-state index contributed by atoms with van der Waals surface area (Å²) < 4.78 is 1.93. The number of piperazine rings is 1. The summed E-state index contributed by atoms with van der Waals surface area (Å²) in [6.45, 7) is 12.5. The number of pyridine rings is 1. The first-order valence-corrected chi connectivity index (χ1v) is 11.8. The van der Waals surface area contributed by atoms with E-state index in [4.69, 9.17) is 0 Å². The van der Waals surface area contributed by atoms with Crippen LogP contribution in [-0.4, -0.2) is 67.2 Å². The van der Waals surface area contributed by atoms with E-state index in [1.165, 1.54) is 24.9 Å². The summed E-state index contributed by atoms with van der Waals surface area (Å²) >= 11 is 0. The van der Waals surface area contributed by atoms with E-state index in [0.717, 1.165) is 48.3 Å². The second kappa shape index (κ2) is 8.08. The Hall–Kier alpha value is -2.58. The molecule has 2 fully saturated rings. The highest BCUT2D eigenvalue weighted by Crippen LogP contribution is 2.33. The van der Waals surface area contributed by atoms with Gasteiger partial charge in [0.25, 0.3) is 5.56 Å². The van der Waals surface area contributed by atoms with Gasteiger partial charge in [0, 0.05) is 36.8 Å². The second-order valence-electron chi connectivity index (χ2n) is 9.99. The van der Waals surface area contributed by atoms with Crippen LogP contribution >= 0.6 is 0 Å². The Morgan fingerprint density at radius 1 is 1.22 bits per heavy atom. The molecule has 5 rings (SSSR count). The number of H-pyrrole nitrogens is 1. The number of hydrogen-bond acceptors (Lipinski definition) is 6. The van der Waals surface area contributed by atoms with Gasteiger partial charge in [-0.15, -0.1) is 5.10 Å². The number of nitrogens with one attached hydrogen (secondary N) is 1. The maximum Gasteiger partial charge on any atom is 0.253 e. The quantitative estimate of drug-likeness (QED) is 0.664. The normalized spacial score (nSPS) is 21.2. The average molecular weight is 436 g/mol. The first-order valence-electron chi connectivity index (χ1n) is 11.8. The van der Waals surface area contributed by atoms with Crippen molar-refractivity contribution in [3.63, 3.8) is 0 Å². The summed E-state index contributed by atoms with van der Waals surface area (Å²) in [6.07, 6.45) is 3.35. The van der Waals surface area contributed by atoms with E-state index >= 15 is 0 Å². The number of tetrazole rings is 1. The number of benzene rings is 1. The third kappa shape index (κ3) is 3.65. The monoisotopic (exact) mass is 435 g/mol. The van der Waals surface area contributed by atoms with Crippen molar-refractivity contribution in [1.82, 2.24) is 35.0 Å². The van der Waals surface area contributed by atoms with E-state index in [-0.39, 0.29) is 17.1 Å². The fourth-order valence-corrected chi connectivity index (χ4v) is 5.24. The Balaban J connectivity index is 1.66. The molecular weight excluding hydrogens is 402 g/mol. The molecule has 0 saturated carbocycles. The Bertz CT molecular complexity index is 1180. The number of aromatic amines is 1. The molecule has 2 unspecified atom stereocenters. The van der Waals surface area contributed by atoms with Crippen LogP contribution in [-0.2, 0) is 5.54 Å². The summed E-state index contributed by atoms with van der Waals surface area (Å²) in [5.74, 6) is 0.751. The molecule has 2 saturated heterocycles. The maximum absolute atomic E-state index is 13.4. The van der Waals surface area contributed by atoms with Gasteiger partial charge in [-0.2, -0.15) is 0 Å². The molecule has 0 radical (unpaired) electrons. The molecule has 1 N–H and O–H groups in total. The highest BCUT2D eigenvalue weighted by molar-refractivity contribution is 5.79. The number of nitrogens with zero attached hydrogens (tertiary/aromatic N) is 6. The van der Waals surface area contributed by atoms with Crippen LogP contribution < -0.4 is 5.56 Å². The minimum absolute atomic E-state index is 0.0657. The summed E-state index contributed by atoms with van der Waals surface area (Å²) in [4.78, 5) is 21.5. The average Bonchev–Trinajstić information content (AvgIpc) is 3.44. The molecular formula is C24H33N7O. The Kier molecular flexibility index (Phi) is 5.37. The summed E-state index contributed by atoms with van der Waals surface area (Å²) in [5, 5.41) is 14.0. The SMILES string of the molecule is CCC(C)(C)n1nnnc1C(c1cc2cc(C)ccc2[nH]c1=O)N1CCN2CCCC2C1. The Labute approximate surface area is 188 Å². The van der Waals surface area contributed by atoms with Gasteiger partial charge in [0.05, 0.1) is 5.54 Å². The van der Waals surface area contributed by atoms with Crippen LogP contribution in [0.4, 0.5) is 0 Å². The summed E-state index contributed by atoms with van der Waals surface area (Å²) in [5.41, 5.74) is 2.44. The van der Waals surface area contributed by atoms with Crippen LogP contribution in [0.3, 0.4) is 0 Å². The number of aromatic nitrogens is 5. The fourth-order valence-electron chi connectivity index (χ4n) is 5.24. The van der Waals surface area contributed by atoms with Crippen molar-refractivity contribution in [2.45, 2.75) is 64.6 Å². The zero-order valence-electron chi connectivity index (χ0n) is 19.5. The van der Waals surface area contributed by atoms with Crippen LogP contribution in [0.5, 0.6) is 0 Å². The van der Waals surface area contributed by atoms with Gasteiger partial charge < -0.3 is 4.98 Å². The molecule has 0 aliphatic carbocycles. The fraction of sp³-hybridized carbons (Fsp3) is 0.583. The molecule has 8 heteroatoms. The molecule has 2 aliphatic heterocycles. The first-order chi connectivity index (χ1) is 15.4. The molecule has 0 bridgehead atoms. The van der Waals surface area contributed by atoms with Crippen molar-refractivity contribution in [2.75, 3.05) is 26.2 Å². The zero-order valence-corrected chi connectivity index (χ0v) is 19.5. The van der Waals surface area contributed by atoms with Crippen molar-refractivity contribution in [2.24, 2.45) is 0 Å². The summed E-state index contributed by atoms with van der Waals surface area (Å²) in [6, 6.07) is 8.43. The van der Waals surface area contributed by atoms with Crippen LogP contribution in [0.1, 0.15) is 63.0 Å². The van der Waals surface area contributed by atoms with Crippen molar-refractivity contribution in [3.8, 4) is 0 Å². The zero-order chi connectivity index (χ0) is 22.5. The van der Waals surface area contributed by atoms with Gasteiger partial charge in [-0.3, -0.25) is 14.6 Å². The van der Waals surface area contributed by atoms with Gasteiger partial charge >= 0.3 is 0 Å². The lowest BCUT2D eigenvalue weighted by Gasteiger charge is -2.41. The molecule has 0 spiro atoms. The maximum atomic E-state index is 13.4. The first kappa shape index (κ1) is 21.3. The van der Waals surface area contributed by atoms with Crippen LogP contribution in [0.15, 0.2) is 29.1 Å². The van der Waals surface area contributed by atoms with E-state index in [0.29, 0.717) is 6.04 Å². The Morgan fingerprint density at radius 2 is 2.06 bits per heavy atom. The minimum atomic E-state index is -0.285. The number of aryl methyl sites for hydroxylation is 1. The third-order valence-electron chi connectivity index (χ3n) is 7.48. The van der Waals surface area contributed by atoms with Gasteiger partial charge in [-0.05, 0) is 80.6 Å². The molecule has 32 heavy (non-hydrogen) atoms. The van der Waals surface area contributed by atoms with E-state index in [9.17, 15) is 4.79 Å². The van der Waals surface area contributed by atoms with Crippen LogP contribution in [0.25, 0.3) is 10.9 Å². The smallest absolute Gasteiger partial charge is 0.253 e. The van der Waals surface area contributed by atoms with Gasteiger partial charge in [-0.25, -0.2) is 4.68 Å². The molecule has 2 atom stereocenters. The molecule has 4 heterocycles. The van der Waals surface area contributed by atoms with E-state index < -0.39 is 0 Å². The van der Waals surface area contributed by atoms with Crippen LogP contribution in [0, 0.1) is 6.92 Å². The third-order valence-corrected chi connectivity index (χ3v) is 7.48. The number of hydrogen-bond donors (Lipinski definition) is 1. The predicted molar refractivity (Wildman–Crippen MR) is 125 cm³/mol. The molecule has 3 aromatic rings. The minimum Gasteiger partial charge on any atom is -0.322 e. The topological polar surface area (TPSA) is 82.9 Å². The molecule has 2 aromatic heterocycles. The highest BCUT2D eigenvalue weighted by atomic mass is 16.1. The standard InChI is InChI=1S/C24H33N7O/c1-5-24(3,4)31-22(26-27-28-31)21(30-12-11-29-10-6-7-18(29)15-30)19-14-17-13-16(2)8-9-20(17)25-23(19)32/h8-9,13-14,18,21H,5-7,10-12,15H2,1-4H3,(H,25,32). The molecule has 170 valence electrons. The van der Waals surface area contributed by atoms with E-state index in [1.807, 2.05) is 22.9 Å². The lowest BCUT2D eigenvalue weighted by molar-refractivity contribution is 0.0767. The lowest BCUT2D eigenvalue weighted by Crippen LogP contribution is -2.52.